The van der Waals surface area contributed by atoms with Gasteiger partial charge in [-0.1, -0.05) is 12.1 Å². The predicted molar refractivity (Wildman–Crippen MR) is 157 cm³/mol. The number of piperazine rings is 1. The third-order valence-corrected chi connectivity index (χ3v) is 8.12. The fourth-order valence-electron chi connectivity index (χ4n) is 5.71. The Bertz CT molecular complexity index is 1680. The Hall–Kier alpha value is -4.23. The molecule has 13 heteroatoms. The first-order valence-electron chi connectivity index (χ1n) is 14.1. The van der Waals surface area contributed by atoms with Crippen LogP contribution in [0.2, 0.25) is 0 Å². The Morgan fingerprint density at radius 1 is 1.09 bits per heavy atom. The molecule has 2 aromatic heterocycles. The molecule has 2 fully saturated rings. The van der Waals surface area contributed by atoms with Gasteiger partial charge in [-0.15, -0.1) is 0 Å². The highest BCUT2D eigenvalue weighted by atomic mass is 19.4. The zero-order valence-corrected chi connectivity index (χ0v) is 23.7. The maximum atomic E-state index is 15.2. The zero-order valence-electron chi connectivity index (χ0n) is 23.7. The molecule has 1 aliphatic heterocycles. The van der Waals surface area contributed by atoms with Gasteiger partial charge in [-0.25, -0.2) is 19.2 Å². The molecule has 226 valence electrons. The second kappa shape index (κ2) is 11.1. The van der Waals surface area contributed by atoms with E-state index in [0.29, 0.717) is 34.7 Å². The molecule has 1 aliphatic carbocycles. The number of rotatable bonds is 6. The molecule has 1 saturated carbocycles. The first kappa shape index (κ1) is 28.9. The number of benzene rings is 2. The molecule has 6 rings (SSSR count). The number of urea groups is 1. The number of fused-ring (bicyclic) bond motifs is 1. The molecule has 9 nitrogen and oxygen atoms in total. The van der Waals surface area contributed by atoms with Crippen LogP contribution in [-0.2, 0) is 12.7 Å². The smallest absolute Gasteiger partial charge is 0.383 e. The van der Waals surface area contributed by atoms with E-state index in [1.807, 2.05) is 29.6 Å². The van der Waals surface area contributed by atoms with E-state index >= 15 is 4.39 Å². The number of carbonyl (C=O) groups is 1. The highest BCUT2D eigenvalue weighted by molar-refractivity contribution is 6.02. The van der Waals surface area contributed by atoms with Crippen molar-refractivity contribution >= 4 is 34.3 Å². The van der Waals surface area contributed by atoms with Gasteiger partial charge in [0.15, 0.2) is 0 Å². The SMILES string of the molecule is CC1CN(C)CCN1Cc1ccc(NC(=O)Nc2ccc(-c3cn(C4CC4)c4ncnc(N)c34)cc2F)cc1C(F)(F)F. The van der Waals surface area contributed by atoms with E-state index < -0.39 is 23.6 Å². The second-order valence-corrected chi connectivity index (χ2v) is 11.4. The number of nitrogens with zero attached hydrogens (tertiary/aromatic N) is 5. The second-order valence-electron chi connectivity index (χ2n) is 11.4. The number of nitrogen functional groups attached to an aromatic ring is 1. The molecular weight excluding hydrogens is 564 g/mol. The van der Waals surface area contributed by atoms with Crippen LogP contribution in [0.25, 0.3) is 22.2 Å². The normalized spacial score (nSPS) is 18.2. The molecule has 0 radical (unpaired) electrons. The Morgan fingerprint density at radius 2 is 1.88 bits per heavy atom. The van der Waals surface area contributed by atoms with E-state index in [1.165, 1.54) is 30.6 Å². The number of amides is 2. The molecule has 2 aromatic carbocycles. The minimum absolute atomic E-state index is 0.0552. The van der Waals surface area contributed by atoms with E-state index in [-0.39, 0.29) is 35.3 Å². The summed E-state index contributed by atoms with van der Waals surface area (Å²) in [6.45, 7) is 4.34. The van der Waals surface area contributed by atoms with Gasteiger partial charge in [0.25, 0.3) is 0 Å². The zero-order chi connectivity index (χ0) is 30.5. The van der Waals surface area contributed by atoms with Gasteiger partial charge in [-0.05, 0) is 62.2 Å². The van der Waals surface area contributed by atoms with Crippen molar-refractivity contribution in [3.63, 3.8) is 0 Å². The van der Waals surface area contributed by atoms with Crippen LogP contribution in [0.3, 0.4) is 0 Å². The number of likely N-dealkylation sites (N-methyl/N-ethyl adjacent to an activating group) is 1. The van der Waals surface area contributed by atoms with Crippen molar-refractivity contribution in [3.05, 3.63) is 65.9 Å². The van der Waals surface area contributed by atoms with Crippen molar-refractivity contribution in [2.45, 2.75) is 44.6 Å². The first-order chi connectivity index (χ1) is 20.5. The van der Waals surface area contributed by atoms with Crippen LogP contribution in [0.1, 0.15) is 36.9 Å². The van der Waals surface area contributed by atoms with Crippen LogP contribution in [-0.4, -0.2) is 63.1 Å². The largest absolute Gasteiger partial charge is 0.416 e. The van der Waals surface area contributed by atoms with Crippen LogP contribution in [0, 0.1) is 5.82 Å². The van der Waals surface area contributed by atoms with Gasteiger partial charge in [-0.3, -0.25) is 4.90 Å². The average molecular weight is 597 g/mol. The molecule has 0 bridgehead atoms. The summed E-state index contributed by atoms with van der Waals surface area (Å²) in [5.74, 6) is -0.438. The minimum Gasteiger partial charge on any atom is -0.383 e. The molecule has 43 heavy (non-hydrogen) atoms. The van der Waals surface area contributed by atoms with Gasteiger partial charge in [-0.2, -0.15) is 13.2 Å². The molecule has 1 atom stereocenters. The molecule has 4 N–H and O–H groups in total. The maximum absolute atomic E-state index is 15.2. The lowest BCUT2D eigenvalue weighted by atomic mass is 10.0. The minimum atomic E-state index is -4.61. The summed E-state index contributed by atoms with van der Waals surface area (Å²) in [6, 6.07) is 7.55. The topological polar surface area (TPSA) is 104 Å². The van der Waals surface area contributed by atoms with Gasteiger partial charge in [0.1, 0.15) is 23.6 Å². The van der Waals surface area contributed by atoms with E-state index in [4.69, 9.17) is 5.73 Å². The van der Waals surface area contributed by atoms with Crippen molar-refractivity contribution in [1.29, 1.82) is 0 Å². The lowest BCUT2D eigenvalue weighted by molar-refractivity contribution is -0.138. The van der Waals surface area contributed by atoms with Gasteiger partial charge in [0, 0.05) is 55.7 Å². The Morgan fingerprint density at radius 3 is 2.58 bits per heavy atom. The van der Waals surface area contributed by atoms with Crippen LogP contribution in [0.15, 0.2) is 48.9 Å². The standard InChI is InChI=1S/C30H32F4N8O/c1-17-13-40(2)9-10-41(17)14-19-3-5-20(12-23(19)30(32,33)34)38-29(43)39-25-8-4-18(11-24(25)31)22-15-42(21-6-7-21)28-26(22)27(35)36-16-37-28/h3-5,8,11-12,15-17,21H,6-7,9-10,13-14H2,1-2H3,(H2,35,36,37)(H2,38,39,43). The monoisotopic (exact) mass is 596 g/mol. The van der Waals surface area contributed by atoms with Crippen molar-refractivity contribution in [1.82, 2.24) is 24.3 Å². The number of anilines is 3. The summed E-state index contributed by atoms with van der Waals surface area (Å²) >= 11 is 0. The van der Waals surface area contributed by atoms with Crippen molar-refractivity contribution in [2.24, 2.45) is 0 Å². The quantitative estimate of drug-likeness (QED) is 0.238. The Labute approximate surface area is 245 Å². The van der Waals surface area contributed by atoms with E-state index in [9.17, 15) is 18.0 Å². The third-order valence-electron chi connectivity index (χ3n) is 8.12. The number of nitrogens with one attached hydrogen (secondary N) is 2. The third kappa shape index (κ3) is 6.00. The van der Waals surface area contributed by atoms with E-state index in [2.05, 4.69) is 25.5 Å². The Kier molecular flexibility index (Phi) is 7.46. The number of hydrogen-bond donors (Lipinski definition) is 3. The van der Waals surface area contributed by atoms with Gasteiger partial charge in [0.05, 0.1) is 16.6 Å². The van der Waals surface area contributed by atoms with Crippen LogP contribution >= 0.6 is 0 Å². The molecule has 3 heterocycles. The number of carbonyl (C=O) groups excluding carboxylic acids is 1. The number of hydrogen-bond acceptors (Lipinski definition) is 6. The Balaban J connectivity index is 1.18. The lowest BCUT2D eigenvalue weighted by Crippen LogP contribution is -2.49. The molecule has 1 unspecified atom stereocenters. The molecular formula is C30H32F4N8O. The fraction of sp³-hybridized carbons (Fsp3) is 0.367. The van der Waals surface area contributed by atoms with Crippen molar-refractivity contribution in [2.75, 3.05) is 43.0 Å². The summed E-state index contributed by atoms with van der Waals surface area (Å²) < 4.78 is 59.2. The van der Waals surface area contributed by atoms with Crippen LogP contribution in [0.5, 0.6) is 0 Å². The molecule has 2 aliphatic rings. The lowest BCUT2D eigenvalue weighted by Gasteiger charge is -2.38. The molecule has 2 amide bonds. The summed E-state index contributed by atoms with van der Waals surface area (Å²) in [6.07, 6.45) is 0.697. The van der Waals surface area contributed by atoms with E-state index in [1.54, 1.807) is 6.07 Å². The number of halogens is 4. The summed E-state index contributed by atoms with van der Waals surface area (Å²) in [4.78, 5) is 25.3. The van der Waals surface area contributed by atoms with Gasteiger partial charge >= 0.3 is 12.2 Å². The highest BCUT2D eigenvalue weighted by Crippen LogP contribution is 2.42. The van der Waals surface area contributed by atoms with Crippen LogP contribution in [0.4, 0.5) is 39.5 Å². The number of aromatic nitrogens is 3. The highest BCUT2D eigenvalue weighted by Gasteiger charge is 2.35. The van der Waals surface area contributed by atoms with Crippen LogP contribution < -0.4 is 16.4 Å². The fourth-order valence-corrected chi connectivity index (χ4v) is 5.71. The predicted octanol–water partition coefficient (Wildman–Crippen LogP) is 5.95. The van der Waals surface area contributed by atoms with Crippen molar-refractivity contribution in [3.8, 4) is 11.1 Å². The number of nitrogens with two attached hydrogens (primary N) is 1. The van der Waals surface area contributed by atoms with E-state index in [0.717, 1.165) is 32.0 Å². The average Bonchev–Trinajstić information content (AvgIpc) is 3.71. The molecule has 0 spiro atoms. The summed E-state index contributed by atoms with van der Waals surface area (Å²) in [5.41, 5.74) is 7.13. The first-order valence-corrected chi connectivity index (χ1v) is 14.1. The molecule has 1 saturated heterocycles. The van der Waals surface area contributed by atoms with Gasteiger partial charge in [0.2, 0.25) is 0 Å². The maximum Gasteiger partial charge on any atom is 0.416 e. The molecule has 4 aromatic rings. The van der Waals surface area contributed by atoms with Gasteiger partial charge < -0.3 is 25.8 Å². The summed E-state index contributed by atoms with van der Waals surface area (Å²) in [5, 5.41) is 5.42. The summed E-state index contributed by atoms with van der Waals surface area (Å²) in [7, 11) is 1.99. The number of alkyl halides is 3. The van der Waals surface area contributed by atoms with Crippen molar-refractivity contribution < 1.29 is 22.4 Å².